The number of aromatic nitrogens is 1. The average Bonchev–Trinajstić information content (AvgIpc) is 2.51. The van der Waals surface area contributed by atoms with E-state index < -0.39 is 6.29 Å². The van der Waals surface area contributed by atoms with Gasteiger partial charge in [-0.3, -0.25) is 10.7 Å². The van der Waals surface area contributed by atoms with E-state index in [1.54, 1.807) is 12.4 Å². The molecule has 1 aromatic carbocycles. The summed E-state index contributed by atoms with van der Waals surface area (Å²) in [6, 6.07) is 9.61. The summed E-state index contributed by atoms with van der Waals surface area (Å²) in [5, 5.41) is 0. The van der Waals surface area contributed by atoms with E-state index in [1.807, 2.05) is 54.4 Å². The molecule has 0 fully saturated rings. The van der Waals surface area contributed by atoms with Crippen LogP contribution in [-0.2, 0) is 0 Å². The highest BCUT2D eigenvalue weighted by Gasteiger charge is 2.18. The van der Waals surface area contributed by atoms with Gasteiger partial charge >= 0.3 is 0 Å². The van der Waals surface area contributed by atoms with Crippen molar-refractivity contribution < 1.29 is 0 Å². The first-order valence-electron chi connectivity index (χ1n) is 6.71. The maximum Gasteiger partial charge on any atom is 0.178 e. The van der Waals surface area contributed by atoms with E-state index in [9.17, 15) is 0 Å². The minimum atomic E-state index is -0.481. The summed E-state index contributed by atoms with van der Waals surface area (Å²) in [6.07, 6.45) is 6.90. The van der Waals surface area contributed by atoms with E-state index in [0.717, 1.165) is 22.5 Å². The molecule has 0 spiro atoms. The topological polar surface area (TPSA) is 80.5 Å². The Labute approximate surface area is 123 Å². The van der Waals surface area contributed by atoms with E-state index in [1.165, 1.54) is 0 Å². The smallest absolute Gasteiger partial charge is 0.178 e. The zero-order valence-corrected chi connectivity index (χ0v) is 11.8. The molecule has 1 aliphatic rings. The lowest BCUT2D eigenvalue weighted by Gasteiger charge is -2.29. The first kappa shape index (κ1) is 13.3. The second-order valence-electron chi connectivity index (χ2n) is 4.94. The SMILES string of the molecule is Cc1ccc(N)cc1N1C=CC(c2cccnc2)=NC1N. The second kappa shape index (κ2) is 5.38. The number of aryl methyl sites for hydroxylation is 1. The number of anilines is 2. The molecule has 1 atom stereocenters. The Bertz CT molecular complexity index is 706. The summed E-state index contributed by atoms with van der Waals surface area (Å²) in [5.74, 6) is 0. The van der Waals surface area contributed by atoms with Crippen molar-refractivity contribution in [1.29, 1.82) is 0 Å². The number of aliphatic imine (C=N–C) groups is 1. The molecule has 0 saturated carbocycles. The van der Waals surface area contributed by atoms with Crippen LogP contribution in [0.2, 0.25) is 0 Å². The van der Waals surface area contributed by atoms with E-state index >= 15 is 0 Å². The molecule has 2 heterocycles. The van der Waals surface area contributed by atoms with Gasteiger partial charge in [-0.05, 0) is 42.8 Å². The Morgan fingerprint density at radius 1 is 1.24 bits per heavy atom. The Hall–Kier alpha value is -2.66. The van der Waals surface area contributed by atoms with Gasteiger partial charge in [-0.25, -0.2) is 4.99 Å². The maximum absolute atomic E-state index is 6.18. The zero-order chi connectivity index (χ0) is 14.8. The lowest BCUT2D eigenvalue weighted by Crippen LogP contribution is -2.40. The lowest BCUT2D eigenvalue weighted by molar-refractivity contribution is 0.706. The number of allylic oxidation sites excluding steroid dienone is 1. The molecule has 1 aliphatic heterocycles. The number of pyridine rings is 1. The van der Waals surface area contributed by atoms with Gasteiger partial charge in [0, 0.05) is 35.5 Å². The first-order valence-corrected chi connectivity index (χ1v) is 6.71. The quantitative estimate of drug-likeness (QED) is 0.824. The summed E-state index contributed by atoms with van der Waals surface area (Å²) >= 11 is 0. The summed E-state index contributed by atoms with van der Waals surface area (Å²) in [4.78, 5) is 10.5. The van der Waals surface area contributed by atoms with Crippen molar-refractivity contribution in [2.45, 2.75) is 13.2 Å². The van der Waals surface area contributed by atoms with Crippen molar-refractivity contribution >= 4 is 17.1 Å². The Morgan fingerprint density at radius 2 is 2.10 bits per heavy atom. The number of nitrogen functional groups attached to an aromatic ring is 1. The van der Waals surface area contributed by atoms with Crippen LogP contribution in [0.15, 0.2) is 60.0 Å². The van der Waals surface area contributed by atoms with Gasteiger partial charge in [0.05, 0.1) is 5.71 Å². The first-order chi connectivity index (χ1) is 10.1. The van der Waals surface area contributed by atoms with Gasteiger partial charge in [-0.1, -0.05) is 6.07 Å². The van der Waals surface area contributed by atoms with Crippen LogP contribution < -0.4 is 16.4 Å². The molecule has 2 aromatic rings. The number of nitrogens with two attached hydrogens (primary N) is 2. The van der Waals surface area contributed by atoms with Crippen molar-refractivity contribution in [1.82, 2.24) is 4.98 Å². The second-order valence-corrected chi connectivity index (χ2v) is 4.94. The Balaban J connectivity index is 1.92. The standard InChI is InChI=1S/C16H17N5/c1-11-4-5-13(17)9-15(11)21-8-6-14(20-16(21)18)12-3-2-7-19-10-12/h2-10,16H,17-18H2,1H3. The molecular weight excluding hydrogens is 262 g/mol. The van der Waals surface area contributed by atoms with Crippen LogP contribution in [0.3, 0.4) is 0 Å². The van der Waals surface area contributed by atoms with Gasteiger partial charge < -0.3 is 10.6 Å². The fraction of sp³-hybridized carbons (Fsp3) is 0.125. The van der Waals surface area contributed by atoms with Gasteiger partial charge in [0.15, 0.2) is 6.29 Å². The van der Waals surface area contributed by atoms with E-state index in [-0.39, 0.29) is 0 Å². The van der Waals surface area contributed by atoms with Gasteiger partial charge in [0.25, 0.3) is 0 Å². The molecule has 21 heavy (non-hydrogen) atoms. The third-order valence-corrected chi connectivity index (χ3v) is 3.42. The van der Waals surface area contributed by atoms with Gasteiger partial charge in [-0.2, -0.15) is 0 Å². The Morgan fingerprint density at radius 3 is 2.81 bits per heavy atom. The van der Waals surface area contributed by atoms with Crippen LogP contribution in [0.5, 0.6) is 0 Å². The van der Waals surface area contributed by atoms with Crippen LogP contribution >= 0.6 is 0 Å². The number of rotatable bonds is 2. The molecule has 0 amide bonds. The fourth-order valence-corrected chi connectivity index (χ4v) is 2.30. The van der Waals surface area contributed by atoms with Gasteiger partial charge in [0.1, 0.15) is 0 Å². The summed E-state index contributed by atoms with van der Waals surface area (Å²) in [6.45, 7) is 2.02. The summed E-state index contributed by atoms with van der Waals surface area (Å²) in [7, 11) is 0. The lowest BCUT2D eigenvalue weighted by atomic mass is 10.1. The van der Waals surface area contributed by atoms with E-state index in [2.05, 4.69) is 9.98 Å². The maximum atomic E-state index is 6.18. The van der Waals surface area contributed by atoms with Crippen LogP contribution in [0, 0.1) is 6.92 Å². The highest BCUT2D eigenvalue weighted by atomic mass is 15.3. The van der Waals surface area contributed by atoms with Gasteiger partial charge in [0.2, 0.25) is 0 Å². The van der Waals surface area contributed by atoms with Crippen LogP contribution in [0.4, 0.5) is 11.4 Å². The van der Waals surface area contributed by atoms with Crippen LogP contribution in [-0.4, -0.2) is 17.0 Å². The molecule has 4 N–H and O–H groups in total. The predicted octanol–water partition coefficient (Wildman–Crippen LogP) is 2.04. The Kier molecular flexibility index (Phi) is 3.41. The number of hydrogen-bond acceptors (Lipinski definition) is 5. The molecule has 106 valence electrons. The zero-order valence-electron chi connectivity index (χ0n) is 11.8. The highest BCUT2D eigenvalue weighted by Crippen LogP contribution is 2.26. The molecular formula is C16H17N5. The molecule has 1 aromatic heterocycles. The molecule has 5 nitrogen and oxygen atoms in total. The normalized spacial score (nSPS) is 17.7. The van der Waals surface area contributed by atoms with Crippen molar-refractivity contribution in [2.24, 2.45) is 10.7 Å². The summed E-state index contributed by atoms with van der Waals surface area (Å²) < 4.78 is 0. The minimum Gasteiger partial charge on any atom is -0.399 e. The highest BCUT2D eigenvalue weighted by molar-refractivity contribution is 6.09. The van der Waals surface area contributed by atoms with E-state index in [0.29, 0.717) is 5.69 Å². The molecule has 0 bridgehead atoms. The fourth-order valence-electron chi connectivity index (χ4n) is 2.30. The predicted molar refractivity (Wildman–Crippen MR) is 86.0 cm³/mol. The van der Waals surface area contributed by atoms with Crippen LogP contribution in [0.1, 0.15) is 11.1 Å². The van der Waals surface area contributed by atoms with E-state index in [4.69, 9.17) is 11.5 Å². The molecule has 0 radical (unpaired) electrons. The van der Waals surface area contributed by atoms with Gasteiger partial charge in [-0.15, -0.1) is 0 Å². The number of benzene rings is 1. The van der Waals surface area contributed by atoms with Crippen molar-refractivity contribution in [2.75, 3.05) is 10.6 Å². The number of nitrogens with zero attached hydrogens (tertiary/aromatic N) is 3. The molecule has 3 rings (SSSR count). The van der Waals surface area contributed by atoms with Crippen molar-refractivity contribution in [3.05, 3.63) is 66.1 Å². The molecule has 1 unspecified atom stereocenters. The van der Waals surface area contributed by atoms with Crippen molar-refractivity contribution in [3.63, 3.8) is 0 Å². The van der Waals surface area contributed by atoms with Crippen molar-refractivity contribution in [3.8, 4) is 0 Å². The monoisotopic (exact) mass is 279 g/mol. The number of hydrogen-bond donors (Lipinski definition) is 2. The molecule has 5 heteroatoms. The average molecular weight is 279 g/mol. The molecule has 0 saturated heterocycles. The summed E-state index contributed by atoms with van der Waals surface area (Å²) in [5.41, 5.74) is 16.6. The largest absolute Gasteiger partial charge is 0.399 e. The molecule has 0 aliphatic carbocycles. The van der Waals surface area contributed by atoms with Crippen LogP contribution in [0.25, 0.3) is 0 Å². The minimum absolute atomic E-state index is 0.481. The third kappa shape index (κ3) is 2.64. The third-order valence-electron chi connectivity index (χ3n) is 3.42.